The van der Waals surface area contributed by atoms with Crippen LogP contribution in [0.1, 0.15) is 22.2 Å². The van der Waals surface area contributed by atoms with Crippen LogP contribution in [0.15, 0.2) is 10.0 Å². The molecule has 84 valence electrons. The average Bonchev–Trinajstić information content (AvgIpc) is 2.83. The Balaban J connectivity index is 2.04. The van der Waals surface area contributed by atoms with E-state index in [2.05, 4.69) is 20.4 Å². The molecular formula is C8H8N4O3S. The minimum Gasteiger partial charge on any atom is -0.476 e. The molecule has 8 heteroatoms. The number of carbonyl (C=O) groups is 1. The van der Waals surface area contributed by atoms with Crippen molar-refractivity contribution in [2.75, 3.05) is 5.32 Å². The summed E-state index contributed by atoms with van der Waals surface area (Å²) in [7, 11) is 0. The summed E-state index contributed by atoms with van der Waals surface area (Å²) in [4.78, 5) is 18.5. The van der Waals surface area contributed by atoms with Crippen LogP contribution in [-0.4, -0.2) is 26.2 Å². The number of nitrogens with zero attached hydrogens (tertiary/aromatic N) is 3. The zero-order valence-corrected chi connectivity index (χ0v) is 9.11. The number of thiazole rings is 1. The van der Waals surface area contributed by atoms with Crippen molar-refractivity contribution in [3.8, 4) is 0 Å². The lowest BCUT2D eigenvalue weighted by Gasteiger charge is -1.99. The molecule has 0 fully saturated rings. The second kappa shape index (κ2) is 4.27. The van der Waals surface area contributed by atoms with Crippen molar-refractivity contribution in [3.63, 3.8) is 0 Å². The molecule has 0 aliphatic carbocycles. The minimum absolute atomic E-state index is 0.00483. The van der Waals surface area contributed by atoms with Crippen LogP contribution in [0, 0.1) is 6.92 Å². The van der Waals surface area contributed by atoms with Crippen LogP contribution < -0.4 is 5.32 Å². The summed E-state index contributed by atoms with van der Waals surface area (Å²) in [5.74, 6) is -0.116. The van der Waals surface area contributed by atoms with Gasteiger partial charge < -0.3 is 14.9 Å². The summed E-state index contributed by atoms with van der Waals surface area (Å²) >= 11 is 1.21. The maximum Gasteiger partial charge on any atom is 0.357 e. The molecular weight excluding hydrogens is 232 g/mol. The zero-order valence-electron chi connectivity index (χ0n) is 8.30. The Labute approximate surface area is 94.1 Å². The first kappa shape index (κ1) is 10.6. The fourth-order valence-corrected chi connectivity index (χ4v) is 1.77. The number of aryl methyl sites for hydroxylation is 1. The van der Waals surface area contributed by atoms with Gasteiger partial charge >= 0.3 is 5.97 Å². The standard InChI is InChI=1S/C8H8N4O3S/c1-4-11-5(12-15-4)2-9-7-6(8(13)14)10-3-16-7/h3,9H,2H2,1H3,(H,13,14). The van der Waals surface area contributed by atoms with E-state index in [0.717, 1.165) is 0 Å². The smallest absolute Gasteiger partial charge is 0.357 e. The first-order valence-corrected chi connectivity index (χ1v) is 5.24. The van der Waals surface area contributed by atoms with Gasteiger partial charge in [0.2, 0.25) is 5.89 Å². The number of aromatic carboxylic acids is 1. The molecule has 0 unspecified atom stereocenters. The molecule has 7 nitrogen and oxygen atoms in total. The van der Waals surface area contributed by atoms with E-state index < -0.39 is 5.97 Å². The largest absolute Gasteiger partial charge is 0.476 e. The van der Waals surface area contributed by atoms with Gasteiger partial charge in [-0.25, -0.2) is 9.78 Å². The van der Waals surface area contributed by atoms with Gasteiger partial charge in [-0.15, -0.1) is 11.3 Å². The van der Waals surface area contributed by atoms with Gasteiger partial charge in [0.15, 0.2) is 11.5 Å². The lowest BCUT2D eigenvalue weighted by atomic mass is 10.4. The topological polar surface area (TPSA) is 101 Å². The van der Waals surface area contributed by atoms with Gasteiger partial charge in [0.1, 0.15) is 5.00 Å². The number of hydrogen-bond acceptors (Lipinski definition) is 7. The summed E-state index contributed by atoms with van der Waals surface area (Å²) in [6.07, 6.45) is 0. The van der Waals surface area contributed by atoms with Gasteiger partial charge in [0.05, 0.1) is 12.1 Å². The second-order valence-corrected chi connectivity index (χ2v) is 3.77. The van der Waals surface area contributed by atoms with E-state index >= 15 is 0 Å². The van der Waals surface area contributed by atoms with E-state index in [1.165, 1.54) is 16.8 Å². The highest BCUT2D eigenvalue weighted by atomic mass is 32.1. The van der Waals surface area contributed by atoms with Crippen LogP contribution in [0.25, 0.3) is 0 Å². The number of anilines is 1. The van der Waals surface area contributed by atoms with E-state index in [1.54, 1.807) is 6.92 Å². The molecule has 0 atom stereocenters. The van der Waals surface area contributed by atoms with Crippen LogP contribution in [0.3, 0.4) is 0 Å². The van der Waals surface area contributed by atoms with Crippen molar-refractivity contribution in [2.24, 2.45) is 0 Å². The molecule has 2 aromatic heterocycles. The number of aromatic nitrogens is 3. The van der Waals surface area contributed by atoms with E-state index in [1.807, 2.05) is 0 Å². The predicted molar refractivity (Wildman–Crippen MR) is 55.4 cm³/mol. The highest BCUT2D eigenvalue weighted by Crippen LogP contribution is 2.20. The second-order valence-electron chi connectivity index (χ2n) is 2.92. The normalized spacial score (nSPS) is 10.3. The van der Waals surface area contributed by atoms with Crippen molar-refractivity contribution in [3.05, 3.63) is 22.9 Å². The Morgan fingerprint density at radius 1 is 1.69 bits per heavy atom. The van der Waals surface area contributed by atoms with Gasteiger partial charge in [0, 0.05) is 6.92 Å². The van der Waals surface area contributed by atoms with Crippen molar-refractivity contribution >= 4 is 22.3 Å². The highest BCUT2D eigenvalue weighted by molar-refractivity contribution is 7.14. The van der Waals surface area contributed by atoms with Crippen LogP contribution in [0.4, 0.5) is 5.00 Å². The molecule has 0 saturated heterocycles. The number of carboxylic acid groups (broad SMARTS) is 1. The van der Waals surface area contributed by atoms with Gasteiger partial charge in [0.25, 0.3) is 0 Å². The van der Waals surface area contributed by atoms with Crippen LogP contribution in [0.2, 0.25) is 0 Å². The molecule has 2 aromatic rings. The molecule has 0 aliphatic rings. The monoisotopic (exact) mass is 240 g/mol. The van der Waals surface area contributed by atoms with E-state index in [0.29, 0.717) is 23.3 Å². The van der Waals surface area contributed by atoms with Crippen molar-refractivity contribution in [2.45, 2.75) is 13.5 Å². The van der Waals surface area contributed by atoms with Gasteiger partial charge in [-0.2, -0.15) is 4.98 Å². The van der Waals surface area contributed by atoms with Gasteiger partial charge in [-0.1, -0.05) is 5.16 Å². The van der Waals surface area contributed by atoms with Crippen LogP contribution in [-0.2, 0) is 6.54 Å². The Morgan fingerprint density at radius 2 is 2.50 bits per heavy atom. The predicted octanol–water partition coefficient (Wildman–Crippen LogP) is 1.14. The highest BCUT2D eigenvalue weighted by Gasteiger charge is 2.13. The third-order valence-corrected chi connectivity index (χ3v) is 2.53. The maximum absolute atomic E-state index is 10.8. The third-order valence-electron chi connectivity index (χ3n) is 1.75. The number of carboxylic acids is 1. The van der Waals surface area contributed by atoms with E-state index in [9.17, 15) is 4.79 Å². The SMILES string of the molecule is Cc1nc(CNc2scnc2C(=O)O)no1. The van der Waals surface area contributed by atoms with Crippen molar-refractivity contribution in [1.82, 2.24) is 15.1 Å². The summed E-state index contributed by atoms with van der Waals surface area (Å²) in [5, 5.41) is 15.9. The number of hydrogen-bond donors (Lipinski definition) is 2. The molecule has 2 heterocycles. The molecule has 2 rings (SSSR count). The van der Waals surface area contributed by atoms with Gasteiger partial charge in [-0.05, 0) is 0 Å². The minimum atomic E-state index is -1.06. The Hall–Kier alpha value is -1.96. The molecule has 0 amide bonds. The molecule has 0 aromatic carbocycles. The fraction of sp³-hybridized carbons (Fsp3) is 0.250. The Bertz CT molecular complexity index is 507. The molecule has 0 aliphatic heterocycles. The molecule has 0 spiro atoms. The Kier molecular flexibility index (Phi) is 2.82. The molecule has 0 radical (unpaired) electrons. The average molecular weight is 240 g/mol. The van der Waals surface area contributed by atoms with Crippen molar-refractivity contribution in [1.29, 1.82) is 0 Å². The molecule has 0 bridgehead atoms. The summed E-state index contributed by atoms with van der Waals surface area (Å²) < 4.78 is 4.78. The number of rotatable bonds is 4. The fourth-order valence-electron chi connectivity index (χ4n) is 1.10. The molecule has 16 heavy (non-hydrogen) atoms. The maximum atomic E-state index is 10.8. The van der Waals surface area contributed by atoms with Crippen molar-refractivity contribution < 1.29 is 14.4 Å². The first-order valence-electron chi connectivity index (χ1n) is 4.36. The van der Waals surface area contributed by atoms with Crippen LogP contribution >= 0.6 is 11.3 Å². The Morgan fingerprint density at radius 3 is 3.12 bits per heavy atom. The van der Waals surface area contributed by atoms with Gasteiger partial charge in [-0.3, -0.25) is 0 Å². The third kappa shape index (κ3) is 2.16. The molecule has 0 saturated carbocycles. The lowest BCUT2D eigenvalue weighted by molar-refractivity contribution is 0.0692. The zero-order chi connectivity index (χ0) is 11.5. The lowest BCUT2D eigenvalue weighted by Crippen LogP contribution is -2.05. The summed E-state index contributed by atoms with van der Waals surface area (Å²) in [6.45, 7) is 1.99. The van der Waals surface area contributed by atoms with E-state index in [4.69, 9.17) is 9.63 Å². The number of nitrogens with one attached hydrogen (secondary N) is 1. The summed E-state index contributed by atoms with van der Waals surface area (Å²) in [5.41, 5.74) is 1.47. The van der Waals surface area contributed by atoms with Crippen LogP contribution in [0.5, 0.6) is 0 Å². The van der Waals surface area contributed by atoms with E-state index in [-0.39, 0.29) is 5.69 Å². The molecule has 2 N–H and O–H groups in total. The quantitative estimate of drug-likeness (QED) is 0.826. The summed E-state index contributed by atoms with van der Waals surface area (Å²) in [6, 6.07) is 0. The first-order chi connectivity index (χ1) is 7.66.